The molecule has 18 heavy (non-hydrogen) atoms. The predicted octanol–water partition coefficient (Wildman–Crippen LogP) is 3.88. The van der Waals surface area contributed by atoms with E-state index in [1.807, 2.05) is 30.3 Å². The number of hydrogen-bond donors (Lipinski definition) is 2. The number of halogens is 1. The van der Waals surface area contributed by atoms with Gasteiger partial charge in [-0.15, -0.1) is 0 Å². The largest absolute Gasteiger partial charge is 0.397 e. The molecule has 3 N–H and O–H groups in total. The minimum Gasteiger partial charge on any atom is -0.397 e. The zero-order chi connectivity index (χ0) is 12.7. The molecule has 2 aromatic carbocycles. The number of nitrogens with zero attached hydrogens (tertiary/aromatic N) is 1. The third kappa shape index (κ3) is 1.69. The SMILES string of the molecule is Cc1cccc2[nH]c(-c3cccc(Br)c3N)nc12. The number of imidazole rings is 1. The van der Waals surface area contributed by atoms with Crippen molar-refractivity contribution in [3.63, 3.8) is 0 Å². The molecule has 3 rings (SSSR count). The minimum absolute atomic E-state index is 0.703. The Morgan fingerprint density at radius 2 is 1.94 bits per heavy atom. The van der Waals surface area contributed by atoms with Gasteiger partial charge in [0.25, 0.3) is 0 Å². The van der Waals surface area contributed by atoms with E-state index in [0.717, 1.165) is 32.5 Å². The van der Waals surface area contributed by atoms with Crippen molar-refractivity contribution in [2.45, 2.75) is 6.92 Å². The maximum Gasteiger partial charge on any atom is 0.140 e. The lowest BCUT2D eigenvalue weighted by atomic mass is 10.2. The number of para-hydroxylation sites is 2. The number of nitrogens with two attached hydrogens (primary N) is 1. The molecule has 90 valence electrons. The van der Waals surface area contributed by atoms with Crippen LogP contribution in [0.1, 0.15) is 5.56 Å². The summed E-state index contributed by atoms with van der Waals surface area (Å²) in [6.45, 7) is 2.05. The minimum atomic E-state index is 0.703. The highest BCUT2D eigenvalue weighted by Gasteiger charge is 2.10. The van der Waals surface area contributed by atoms with Gasteiger partial charge in [-0.3, -0.25) is 0 Å². The number of nitrogens with one attached hydrogen (secondary N) is 1. The fourth-order valence-corrected chi connectivity index (χ4v) is 2.41. The Hall–Kier alpha value is -1.81. The Kier molecular flexibility index (Phi) is 2.59. The number of fused-ring (bicyclic) bond motifs is 1. The summed E-state index contributed by atoms with van der Waals surface area (Å²) < 4.78 is 0.886. The van der Waals surface area contributed by atoms with Crippen molar-refractivity contribution >= 4 is 32.7 Å². The average molecular weight is 302 g/mol. The van der Waals surface area contributed by atoms with Gasteiger partial charge in [0.2, 0.25) is 0 Å². The van der Waals surface area contributed by atoms with Crippen LogP contribution in [0, 0.1) is 6.92 Å². The standard InChI is InChI=1S/C14H12BrN3/c1-8-4-2-7-11-13(8)18-14(17-11)9-5-3-6-10(15)12(9)16/h2-7H,16H2,1H3,(H,17,18). The van der Waals surface area contributed by atoms with Gasteiger partial charge in [-0.1, -0.05) is 18.2 Å². The highest BCUT2D eigenvalue weighted by Crippen LogP contribution is 2.31. The van der Waals surface area contributed by atoms with E-state index in [0.29, 0.717) is 5.69 Å². The van der Waals surface area contributed by atoms with Crippen LogP contribution in [0.3, 0.4) is 0 Å². The summed E-state index contributed by atoms with van der Waals surface area (Å²) in [5.41, 5.74) is 10.9. The number of H-pyrrole nitrogens is 1. The van der Waals surface area contributed by atoms with E-state index in [1.54, 1.807) is 0 Å². The van der Waals surface area contributed by atoms with E-state index in [2.05, 4.69) is 38.9 Å². The van der Waals surface area contributed by atoms with Crippen LogP contribution in [-0.2, 0) is 0 Å². The molecule has 0 bridgehead atoms. The van der Waals surface area contributed by atoms with Gasteiger partial charge < -0.3 is 10.7 Å². The monoisotopic (exact) mass is 301 g/mol. The first-order chi connectivity index (χ1) is 8.66. The summed E-state index contributed by atoms with van der Waals surface area (Å²) in [5, 5.41) is 0. The van der Waals surface area contributed by atoms with Crippen molar-refractivity contribution in [2.75, 3.05) is 5.73 Å². The Bertz CT molecular complexity index is 731. The molecule has 0 saturated carbocycles. The molecule has 3 nitrogen and oxygen atoms in total. The summed E-state index contributed by atoms with van der Waals surface area (Å²) in [6.07, 6.45) is 0. The van der Waals surface area contributed by atoms with Crippen molar-refractivity contribution in [1.82, 2.24) is 9.97 Å². The smallest absolute Gasteiger partial charge is 0.140 e. The molecular formula is C14H12BrN3. The van der Waals surface area contributed by atoms with Gasteiger partial charge in [0.1, 0.15) is 5.82 Å². The fourth-order valence-electron chi connectivity index (χ4n) is 2.05. The van der Waals surface area contributed by atoms with Crippen LogP contribution in [0.15, 0.2) is 40.9 Å². The van der Waals surface area contributed by atoms with Gasteiger partial charge in [0.05, 0.1) is 16.7 Å². The molecule has 0 fully saturated rings. The zero-order valence-electron chi connectivity index (χ0n) is 9.87. The Balaban J connectivity index is 2.26. The average Bonchev–Trinajstić information content (AvgIpc) is 2.78. The second-order valence-electron chi connectivity index (χ2n) is 4.26. The summed E-state index contributed by atoms with van der Waals surface area (Å²) in [6, 6.07) is 11.9. The van der Waals surface area contributed by atoms with E-state index < -0.39 is 0 Å². The second kappa shape index (κ2) is 4.14. The lowest BCUT2D eigenvalue weighted by Gasteiger charge is -2.03. The van der Waals surface area contributed by atoms with E-state index in [4.69, 9.17) is 5.73 Å². The van der Waals surface area contributed by atoms with Crippen LogP contribution in [0.25, 0.3) is 22.4 Å². The lowest BCUT2D eigenvalue weighted by molar-refractivity contribution is 1.33. The number of benzene rings is 2. The first kappa shape index (κ1) is 11.3. The van der Waals surface area contributed by atoms with Crippen molar-refractivity contribution in [2.24, 2.45) is 0 Å². The fraction of sp³-hybridized carbons (Fsp3) is 0.0714. The van der Waals surface area contributed by atoms with Gasteiger partial charge in [0, 0.05) is 10.0 Å². The second-order valence-corrected chi connectivity index (χ2v) is 5.11. The summed E-state index contributed by atoms with van der Waals surface area (Å²) in [5.74, 6) is 0.804. The van der Waals surface area contributed by atoms with Crippen molar-refractivity contribution in [1.29, 1.82) is 0 Å². The molecule has 1 heterocycles. The van der Waals surface area contributed by atoms with Crippen molar-refractivity contribution in [3.8, 4) is 11.4 Å². The maximum absolute atomic E-state index is 6.07. The quantitative estimate of drug-likeness (QED) is 0.670. The molecule has 0 aliphatic carbocycles. The first-order valence-electron chi connectivity index (χ1n) is 5.66. The van der Waals surface area contributed by atoms with Crippen LogP contribution < -0.4 is 5.73 Å². The number of hydrogen-bond acceptors (Lipinski definition) is 2. The number of aromatic amines is 1. The Morgan fingerprint density at radius 3 is 2.72 bits per heavy atom. The number of aryl methyl sites for hydroxylation is 1. The van der Waals surface area contributed by atoms with Gasteiger partial charge >= 0.3 is 0 Å². The maximum atomic E-state index is 6.07. The molecule has 0 spiro atoms. The highest BCUT2D eigenvalue weighted by molar-refractivity contribution is 9.10. The zero-order valence-corrected chi connectivity index (χ0v) is 11.5. The van der Waals surface area contributed by atoms with Gasteiger partial charge in [-0.25, -0.2) is 4.98 Å². The normalized spacial score (nSPS) is 11.0. The molecule has 3 aromatic rings. The van der Waals surface area contributed by atoms with Crippen LogP contribution in [-0.4, -0.2) is 9.97 Å². The molecular weight excluding hydrogens is 290 g/mol. The molecule has 0 amide bonds. The summed E-state index contributed by atoms with van der Waals surface area (Å²) in [7, 11) is 0. The van der Waals surface area contributed by atoms with E-state index in [-0.39, 0.29) is 0 Å². The Morgan fingerprint density at radius 1 is 1.17 bits per heavy atom. The van der Waals surface area contributed by atoms with Crippen LogP contribution >= 0.6 is 15.9 Å². The molecule has 0 aliphatic heterocycles. The molecule has 0 radical (unpaired) electrons. The van der Waals surface area contributed by atoms with E-state index >= 15 is 0 Å². The van der Waals surface area contributed by atoms with E-state index in [9.17, 15) is 0 Å². The lowest BCUT2D eigenvalue weighted by Crippen LogP contribution is -1.92. The molecule has 0 aliphatic rings. The number of nitrogen functional groups attached to an aromatic ring is 1. The van der Waals surface area contributed by atoms with Crippen molar-refractivity contribution < 1.29 is 0 Å². The molecule has 0 saturated heterocycles. The number of anilines is 1. The third-order valence-electron chi connectivity index (χ3n) is 3.02. The topological polar surface area (TPSA) is 54.7 Å². The number of aromatic nitrogens is 2. The summed E-state index contributed by atoms with van der Waals surface area (Å²) in [4.78, 5) is 7.94. The molecule has 0 atom stereocenters. The van der Waals surface area contributed by atoms with Gasteiger partial charge in [-0.2, -0.15) is 0 Å². The van der Waals surface area contributed by atoms with Gasteiger partial charge in [-0.05, 0) is 46.6 Å². The predicted molar refractivity (Wildman–Crippen MR) is 78.4 cm³/mol. The summed E-state index contributed by atoms with van der Waals surface area (Å²) >= 11 is 3.43. The number of rotatable bonds is 1. The van der Waals surface area contributed by atoms with Crippen LogP contribution in [0.4, 0.5) is 5.69 Å². The molecule has 1 aromatic heterocycles. The first-order valence-corrected chi connectivity index (χ1v) is 6.46. The van der Waals surface area contributed by atoms with Crippen LogP contribution in [0.2, 0.25) is 0 Å². The van der Waals surface area contributed by atoms with Crippen molar-refractivity contribution in [3.05, 3.63) is 46.4 Å². The Labute approximate surface area is 113 Å². The van der Waals surface area contributed by atoms with Crippen LogP contribution in [0.5, 0.6) is 0 Å². The van der Waals surface area contributed by atoms with E-state index in [1.165, 1.54) is 0 Å². The molecule has 4 heteroatoms. The highest BCUT2D eigenvalue weighted by atomic mass is 79.9. The third-order valence-corrected chi connectivity index (χ3v) is 3.71. The molecule has 0 unspecified atom stereocenters. The van der Waals surface area contributed by atoms with Gasteiger partial charge in [0.15, 0.2) is 0 Å².